The first kappa shape index (κ1) is 13.4. The van der Waals surface area contributed by atoms with Gasteiger partial charge in [0.2, 0.25) is 0 Å². The Bertz CT molecular complexity index is 586. The summed E-state index contributed by atoms with van der Waals surface area (Å²) in [7, 11) is 0. The molecule has 2 amide bonds. The molecule has 2 rings (SSSR count). The Morgan fingerprint density at radius 3 is 2.89 bits per heavy atom. The molecule has 1 heterocycles. The molecule has 1 aromatic heterocycles. The molecule has 0 saturated carbocycles. The van der Waals surface area contributed by atoms with Gasteiger partial charge in [-0.05, 0) is 25.1 Å². The Kier molecular flexibility index (Phi) is 4.08. The summed E-state index contributed by atoms with van der Waals surface area (Å²) in [5.41, 5.74) is 0.843. The zero-order valence-electron chi connectivity index (χ0n) is 10.1. The van der Waals surface area contributed by atoms with Gasteiger partial charge in [0, 0.05) is 11.1 Å². The Morgan fingerprint density at radius 2 is 2.26 bits per heavy atom. The molecule has 0 spiro atoms. The van der Waals surface area contributed by atoms with Crippen LogP contribution in [0.2, 0.25) is 0 Å². The number of carbonyl (C=O) groups excluding carboxylic acids is 1. The minimum atomic E-state index is -0.682. The van der Waals surface area contributed by atoms with E-state index in [1.54, 1.807) is 18.4 Å². The lowest BCUT2D eigenvalue weighted by atomic mass is 10.3. The van der Waals surface area contributed by atoms with Crippen LogP contribution in [0.5, 0.6) is 0 Å². The van der Waals surface area contributed by atoms with Crippen molar-refractivity contribution in [3.05, 3.63) is 41.2 Å². The second-order valence-corrected chi connectivity index (χ2v) is 4.70. The smallest absolute Gasteiger partial charge is 0.325 e. The fraction of sp³-hybridized carbons (Fsp3) is 0.167. The molecule has 2 aromatic rings. The first-order chi connectivity index (χ1) is 9.04. The molecule has 0 aliphatic heterocycles. The lowest BCUT2D eigenvalue weighted by Crippen LogP contribution is -2.19. The molecular weight excluding hydrogens is 269 g/mol. The van der Waals surface area contributed by atoms with E-state index in [0.717, 1.165) is 0 Å². The number of thiazole rings is 1. The molecule has 0 saturated heterocycles. The van der Waals surface area contributed by atoms with E-state index in [-0.39, 0.29) is 0 Å². The summed E-state index contributed by atoms with van der Waals surface area (Å²) in [6.45, 7) is 1.59. The van der Waals surface area contributed by atoms with Gasteiger partial charge in [-0.25, -0.2) is 14.2 Å². The predicted octanol–water partition coefficient (Wildman–Crippen LogP) is 2.98. The van der Waals surface area contributed by atoms with E-state index in [9.17, 15) is 14.3 Å². The molecular formula is C12H12FN3O2S. The topological polar surface area (TPSA) is 74.2 Å². The predicted molar refractivity (Wildman–Crippen MR) is 71.8 cm³/mol. The van der Waals surface area contributed by atoms with Crippen LogP contribution in [0.1, 0.15) is 18.7 Å². The van der Waals surface area contributed by atoms with Crippen molar-refractivity contribution in [1.82, 2.24) is 4.98 Å². The number of aliphatic hydroxyl groups is 1. The highest BCUT2D eigenvalue weighted by molar-refractivity contribution is 7.13. The van der Waals surface area contributed by atoms with Gasteiger partial charge in [-0.15, -0.1) is 11.3 Å². The van der Waals surface area contributed by atoms with E-state index in [2.05, 4.69) is 15.6 Å². The van der Waals surface area contributed by atoms with Crippen LogP contribution in [0.3, 0.4) is 0 Å². The average Bonchev–Trinajstić information content (AvgIpc) is 2.77. The molecule has 0 fully saturated rings. The molecule has 0 aliphatic rings. The van der Waals surface area contributed by atoms with Crippen LogP contribution in [0.4, 0.5) is 20.0 Å². The van der Waals surface area contributed by atoms with E-state index in [1.165, 1.54) is 29.5 Å². The van der Waals surface area contributed by atoms with Crippen LogP contribution in [-0.2, 0) is 0 Å². The standard InChI is InChI=1S/C12H12FN3O2S/c1-7(17)10-6-19-12(15-10)16-11(18)14-9-4-2-3-8(13)5-9/h2-7,17H,1H3,(H2,14,15,16,18). The summed E-state index contributed by atoms with van der Waals surface area (Å²) in [5, 5.41) is 16.3. The molecule has 1 atom stereocenters. The molecule has 19 heavy (non-hydrogen) atoms. The number of rotatable bonds is 3. The summed E-state index contributed by atoms with van der Waals surface area (Å²) >= 11 is 1.20. The Hall–Kier alpha value is -1.99. The minimum absolute atomic E-state index is 0.352. The fourth-order valence-electron chi connectivity index (χ4n) is 1.36. The van der Waals surface area contributed by atoms with E-state index >= 15 is 0 Å². The summed E-state index contributed by atoms with van der Waals surface area (Å²) in [6, 6.07) is 5.06. The lowest BCUT2D eigenvalue weighted by Gasteiger charge is -2.05. The van der Waals surface area contributed by atoms with Crippen LogP contribution in [0, 0.1) is 5.82 Å². The normalized spacial score (nSPS) is 11.9. The van der Waals surface area contributed by atoms with Gasteiger partial charge in [0.25, 0.3) is 0 Å². The van der Waals surface area contributed by atoms with Crippen molar-refractivity contribution in [2.24, 2.45) is 0 Å². The van der Waals surface area contributed by atoms with E-state index < -0.39 is 18.0 Å². The fourth-order valence-corrected chi connectivity index (χ4v) is 2.15. The number of nitrogens with one attached hydrogen (secondary N) is 2. The molecule has 0 aliphatic carbocycles. The zero-order chi connectivity index (χ0) is 13.8. The third kappa shape index (κ3) is 3.73. The second-order valence-electron chi connectivity index (χ2n) is 3.84. The van der Waals surface area contributed by atoms with Crippen molar-refractivity contribution in [3.63, 3.8) is 0 Å². The number of nitrogens with zero attached hydrogens (tertiary/aromatic N) is 1. The third-order valence-corrected chi connectivity index (χ3v) is 3.03. The highest BCUT2D eigenvalue weighted by Gasteiger charge is 2.09. The number of aromatic nitrogens is 1. The van der Waals surface area contributed by atoms with Crippen molar-refractivity contribution < 1.29 is 14.3 Å². The number of hydrogen-bond donors (Lipinski definition) is 3. The number of benzene rings is 1. The van der Waals surface area contributed by atoms with Gasteiger partial charge in [0.1, 0.15) is 5.82 Å². The van der Waals surface area contributed by atoms with Gasteiger partial charge in [0.05, 0.1) is 11.8 Å². The van der Waals surface area contributed by atoms with Gasteiger partial charge in [0.15, 0.2) is 5.13 Å². The number of amides is 2. The quantitative estimate of drug-likeness (QED) is 0.809. The van der Waals surface area contributed by atoms with Gasteiger partial charge >= 0.3 is 6.03 Å². The average molecular weight is 281 g/mol. The van der Waals surface area contributed by atoms with Crippen LogP contribution in [0.25, 0.3) is 0 Å². The first-order valence-corrected chi connectivity index (χ1v) is 6.39. The number of urea groups is 1. The number of anilines is 2. The number of hydrogen-bond acceptors (Lipinski definition) is 4. The van der Waals surface area contributed by atoms with Crippen molar-refractivity contribution in [1.29, 1.82) is 0 Å². The molecule has 100 valence electrons. The molecule has 0 bridgehead atoms. The highest BCUT2D eigenvalue weighted by atomic mass is 32.1. The number of halogens is 1. The Morgan fingerprint density at radius 1 is 1.47 bits per heavy atom. The van der Waals surface area contributed by atoms with Crippen molar-refractivity contribution in [3.8, 4) is 0 Å². The van der Waals surface area contributed by atoms with Crippen molar-refractivity contribution in [2.45, 2.75) is 13.0 Å². The SMILES string of the molecule is CC(O)c1csc(NC(=O)Nc2cccc(F)c2)n1. The summed E-state index contributed by atoms with van der Waals surface area (Å²) in [4.78, 5) is 15.7. The first-order valence-electron chi connectivity index (χ1n) is 5.51. The number of aliphatic hydroxyl groups excluding tert-OH is 1. The molecule has 1 aromatic carbocycles. The van der Waals surface area contributed by atoms with Crippen LogP contribution >= 0.6 is 11.3 Å². The van der Waals surface area contributed by atoms with Crippen LogP contribution in [-0.4, -0.2) is 16.1 Å². The maximum atomic E-state index is 12.9. The van der Waals surface area contributed by atoms with Crippen molar-refractivity contribution in [2.75, 3.05) is 10.6 Å². The van der Waals surface area contributed by atoms with E-state index in [0.29, 0.717) is 16.5 Å². The van der Waals surface area contributed by atoms with Gasteiger partial charge in [-0.1, -0.05) is 6.07 Å². The maximum Gasteiger partial charge on any atom is 0.325 e. The molecule has 5 nitrogen and oxygen atoms in total. The summed E-state index contributed by atoms with van der Waals surface area (Å²) < 4.78 is 12.9. The largest absolute Gasteiger partial charge is 0.387 e. The summed E-state index contributed by atoms with van der Waals surface area (Å²) in [5.74, 6) is -0.427. The van der Waals surface area contributed by atoms with E-state index in [1.807, 2.05) is 0 Å². The maximum absolute atomic E-state index is 12.9. The molecule has 7 heteroatoms. The monoisotopic (exact) mass is 281 g/mol. The zero-order valence-corrected chi connectivity index (χ0v) is 10.9. The van der Waals surface area contributed by atoms with Gasteiger partial charge in [-0.2, -0.15) is 0 Å². The molecule has 0 radical (unpaired) electrons. The molecule has 3 N–H and O–H groups in total. The minimum Gasteiger partial charge on any atom is -0.387 e. The summed E-state index contributed by atoms with van der Waals surface area (Å²) in [6.07, 6.45) is -0.682. The van der Waals surface area contributed by atoms with Crippen molar-refractivity contribution >= 4 is 28.2 Å². The number of carbonyl (C=O) groups is 1. The highest BCUT2D eigenvalue weighted by Crippen LogP contribution is 2.20. The molecule has 1 unspecified atom stereocenters. The van der Waals surface area contributed by atoms with Gasteiger partial charge in [-0.3, -0.25) is 5.32 Å². The lowest BCUT2D eigenvalue weighted by molar-refractivity contribution is 0.195. The van der Waals surface area contributed by atoms with E-state index in [4.69, 9.17) is 0 Å². The second kappa shape index (κ2) is 5.77. The van der Waals surface area contributed by atoms with Crippen LogP contribution in [0.15, 0.2) is 29.6 Å². The third-order valence-electron chi connectivity index (χ3n) is 2.25. The van der Waals surface area contributed by atoms with Crippen LogP contribution < -0.4 is 10.6 Å². The Labute approximate surface area is 113 Å². The van der Waals surface area contributed by atoms with Gasteiger partial charge < -0.3 is 10.4 Å². The Balaban J connectivity index is 1.97.